The molecule has 0 aliphatic rings. The lowest BCUT2D eigenvalue weighted by Crippen LogP contribution is -2.53. The molecule has 0 aliphatic heterocycles. The third kappa shape index (κ3) is 7.08. The van der Waals surface area contributed by atoms with E-state index in [-0.39, 0.29) is 4.90 Å². The lowest BCUT2D eigenvalue weighted by atomic mass is 10.2. The zero-order valence-corrected chi connectivity index (χ0v) is 18.2. The highest BCUT2D eigenvalue weighted by Crippen LogP contribution is 2.14. The summed E-state index contributed by atoms with van der Waals surface area (Å²) < 4.78 is 25.9. The summed E-state index contributed by atoms with van der Waals surface area (Å²) in [7, 11) is -2.60. The van der Waals surface area contributed by atoms with Crippen LogP contribution in [0.3, 0.4) is 0 Å². The molecule has 166 valence electrons. The summed E-state index contributed by atoms with van der Waals surface area (Å²) in [5.74, 6) is -1.42. The largest absolute Gasteiger partial charge is 0.326 e. The zero-order valence-electron chi connectivity index (χ0n) is 17.4. The number of nitrogens with zero attached hydrogens (tertiary/aromatic N) is 1. The molecule has 0 spiro atoms. The van der Waals surface area contributed by atoms with E-state index in [1.54, 1.807) is 42.5 Å². The Morgan fingerprint density at radius 1 is 0.968 bits per heavy atom. The third-order valence-corrected chi connectivity index (χ3v) is 6.01. The number of hydrogen-bond donors (Lipinski definition) is 4. The van der Waals surface area contributed by atoms with Crippen molar-refractivity contribution in [3.63, 3.8) is 0 Å². The molecule has 10 nitrogen and oxygen atoms in total. The normalized spacial score (nSPS) is 12.0. The van der Waals surface area contributed by atoms with Crippen molar-refractivity contribution >= 4 is 33.6 Å². The molecule has 2 rings (SSSR count). The van der Waals surface area contributed by atoms with E-state index < -0.39 is 40.5 Å². The van der Waals surface area contributed by atoms with Gasteiger partial charge in [0.25, 0.3) is 11.8 Å². The summed E-state index contributed by atoms with van der Waals surface area (Å²) in [6.45, 7) is 2.75. The number of rotatable bonds is 7. The summed E-state index contributed by atoms with van der Waals surface area (Å²) in [4.78, 5) is 36.1. The standard InChI is InChI=1S/C20H25N5O5S/c1-14-9-11-17(12-10-14)31(29,30)25(3)13-18(26)23-24-19(27)15(2)21-20(28)22-16-7-5-4-6-8-16/h4-12,15H,13H2,1-3H3,(H,23,26)(H,24,27)(H2,21,22,28)/t15-/m1/s1. The second-order valence-electron chi connectivity index (χ2n) is 6.80. The van der Waals surface area contributed by atoms with E-state index in [1.165, 1.54) is 26.1 Å². The maximum Gasteiger partial charge on any atom is 0.319 e. The van der Waals surface area contributed by atoms with E-state index in [0.29, 0.717) is 5.69 Å². The molecule has 0 unspecified atom stereocenters. The van der Waals surface area contributed by atoms with Gasteiger partial charge in [-0.2, -0.15) is 4.31 Å². The van der Waals surface area contributed by atoms with Crippen LogP contribution in [0.15, 0.2) is 59.5 Å². The van der Waals surface area contributed by atoms with Gasteiger partial charge in [0.2, 0.25) is 10.0 Å². The van der Waals surface area contributed by atoms with Gasteiger partial charge < -0.3 is 10.6 Å². The second-order valence-corrected chi connectivity index (χ2v) is 8.84. The van der Waals surface area contributed by atoms with Crippen molar-refractivity contribution in [1.29, 1.82) is 0 Å². The molecular formula is C20H25N5O5S. The average molecular weight is 448 g/mol. The molecule has 0 aliphatic carbocycles. The van der Waals surface area contributed by atoms with Gasteiger partial charge in [-0.3, -0.25) is 20.4 Å². The summed E-state index contributed by atoms with van der Waals surface area (Å²) in [5, 5.41) is 4.99. The van der Waals surface area contributed by atoms with Gasteiger partial charge in [-0.05, 0) is 38.1 Å². The van der Waals surface area contributed by atoms with Gasteiger partial charge >= 0.3 is 6.03 Å². The molecule has 0 bridgehead atoms. The number of amides is 4. The number of urea groups is 1. The molecule has 0 saturated carbocycles. The maximum atomic E-state index is 12.5. The summed E-state index contributed by atoms with van der Waals surface area (Å²) in [6, 6.07) is 13.3. The lowest BCUT2D eigenvalue weighted by molar-refractivity contribution is -0.129. The fourth-order valence-corrected chi connectivity index (χ4v) is 3.53. The topological polar surface area (TPSA) is 137 Å². The van der Waals surface area contributed by atoms with Gasteiger partial charge in [0.15, 0.2) is 0 Å². The molecule has 4 amide bonds. The Bertz CT molecular complexity index is 1030. The van der Waals surface area contributed by atoms with Crippen LogP contribution in [-0.4, -0.2) is 50.2 Å². The Kier molecular flexibility index (Phi) is 8.11. The van der Waals surface area contributed by atoms with E-state index in [9.17, 15) is 22.8 Å². The fraction of sp³-hybridized carbons (Fsp3) is 0.250. The fourth-order valence-electron chi connectivity index (χ4n) is 2.41. The first-order chi connectivity index (χ1) is 14.6. The highest BCUT2D eigenvalue weighted by atomic mass is 32.2. The number of likely N-dealkylation sites (N-methyl/N-ethyl adjacent to an activating group) is 1. The number of carbonyl (C=O) groups excluding carboxylic acids is 3. The Labute approximate surface area is 181 Å². The number of aryl methyl sites for hydroxylation is 1. The number of hydrogen-bond acceptors (Lipinski definition) is 5. The summed E-state index contributed by atoms with van der Waals surface area (Å²) in [6.07, 6.45) is 0. The van der Waals surface area contributed by atoms with E-state index >= 15 is 0 Å². The summed E-state index contributed by atoms with van der Waals surface area (Å²) >= 11 is 0. The van der Waals surface area contributed by atoms with E-state index in [4.69, 9.17) is 0 Å². The van der Waals surface area contributed by atoms with Gasteiger partial charge in [0.05, 0.1) is 11.4 Å². The van der Waals surface area contributed by atoms with Crippen molar-refractivity contribution in [1.82, 2.24) is 20.5 Å². The number of carbonyl (C=O) groups is 3. The predicted octanol–water partition coefficient (Wildman–Crippen LogP) is 0.973. The number of benzene rings is 2. The van der Waals surface area contributed by atoms with E-state index in [1.807, 2.05) is 6.92 Å². The third-order valence-electron chi connectivity index (χ3n) is 4.19. The Morgan fingerprint density at radius 2 is 1.58 bits per heavy atom. The number of anilines is 1. The number of nitrogens with one attached hydrogen (secondary N) is 4. The van der Waals surface area contributed by atoms with Gasteiger partial charge in [-0.15, -0.1) is 0 Å². The van der Waals surface area contributed by atoms with E-state index in [0.717, 1.165) is 9.87 Å². The smallest absolute Gasteiger partial charge is 0.319 e. The van der Waals surface area contributed by atoms with Crippen molar-refractivity contribution in [3.8, 4) is 0 Å². The first-order valence-corrected chi connectivity index (χ1v) is 10.8. The Hall–Kier alpha value is -3.44. The second kappa shape index (κ2) is 10.5. The highest BCUT2D eigenvalue weighted by molar-refractivity contribution is 7.89. The van der Waals surface area contributed by atoms with Crippen molar-refractivity contribution < 1.29 is 22.8 Å². The Morgan fingerprint density at radius 3 is 2.19 bits per heavy atom. The minimum absolute atomic E-state index is 0.0553. The molecule has 0 aromatic heterocycles. The van der Waals surface area contributed by atoms with Gasteiger partial charge in [-0.1, -0.05) is 35.9 Å². The molecule has 2 aromatic rings. The van der Waals surface area contributed by atoms with Crippen molar-refractivity contribution in [3.05, 3.63) is 60.2 Å². The molecule has 0 radical (unpaired) electrons. The Balaban J connectivity index is 1.80. The van der Waals surface area contributed by atoms with Crippen LogP contribution in [0.4, 0.5) is 10.5 Å². The van der Waals surface area contributed by atoms with Crippen LogP contribution in [0.2, 0.25) is 0 Å². The van der Waals surface area contributed by atoms with Crippen molar-refractivity contribution in [2.24, 2.45) is 0 Å². The van der Waals surface area contributed by atoms with Crippen molar-refractivity contribution in [2.75, 3.05) is 18.9 Å². The minimum Gasteiger partial charge on any atom is -0.326 e. The number of hydrazine groups is 1. The first-order valence-electron chi connectivity index (χ1n) is 9.34. The molecular weight excluding hydrogens is 422 g/mol. The molecule has 2 aromatic carbocycles. The number of para-hydroxylation sites is 1. The quantitative estimate of drug-likeness (QED) is 0.469. The van der Waals surface area contributed by atoms with E-state index in [2.05, 4.69) is 21.5 Å². The molecule has 31 heavy (non-hydrogen) atoms. The molecule has 4 N–H and O–H groups in total. The monoisotopic (exact) mass is 447 g/mol. The average Bonchev–Trinajstić information content (AvgIpc) is 2.72. The molecule has 0 heterocycles. The molecule has 11 heteroatoms. The predicted molar refractivity (Wildman–Crippen MR) is 115 cm³/mol. The zero-order chi connectivity index (χ0) is 23.0. The number of sulfonamides is 1. The van der Waals surface area contributed by atoms with Crippen molar-refractivity contribution in [2.45, 2.75) is 24.8 Å². The van der Waals surface area contributed by atoms with Crippen LogP contribution >= 0.6 is 0 Å². The van der Waals surface area contributed by atoms with Crippen LogP contribution in [0, 0.1) is 6.92 Å². The van der Waals surface area contributed by atoms with Crippen LogP contribution in [0.5, 0.6) is 0 Å². The summed E-state index contributed by atoms with van der Waals surface area (Å²) in [5.41, 5.74) is 5.75. The first kappa shape index (κ1) is 23.8. The van der Waals surface area contributed by atoms with Crippen LogP contribution in [0.25, 0.3) is 0 Å². The SMILES string of the molecule is Cc1ccc(S(=O)(=O)N(C)CC(=O)NNC(=O)[C@@H](C)NC(=O)Nc2ccccc2)cc1. The van der Waals surface area contributed by atoms with Crippen LogP contribution < -0.4 is 21.5 Å². The minimum atomic E-state index is -3.86. The van der Waals surface area contributed by atoms with Gasteiger partial charge in [0.1, 0.15) is 6.04 Å². The van der Waals surface area contributed by atoms with Crippen LogP contribution in [0.1, 0.15) is 12.5 Å². The molecule has 1 atom stereocenters. The molecule has 0 saturated heterocycles. The van der Waals surface area contributed by atoms with Crippen LogP contribution in [-0.2, 0) is 19.6 Å². The molecule has 0 fully saturated rings. The lowest BCUT2D eigenvalue weighted by Gasteiger charge is -2.18. The van der Waals surface area contributed by atoms with Gasteiger partial charge in [-0.25, -0.2) is 13.2 Å². The maximum absolute atomic E-state index is 12.5. The van der Waals surface area contributed by atoms with Gasteiger partial charge in [0, 0.05) is 12.7 Å². The highest BCUT2D eigenvalue weighted by Gasteiger charge is 2.23.